The van der Waals surface area contributed by atoms with Gasteiger partial charge in [0.2, 0.25) is 17.7 Å². The zero-order chi connectivity index (χ0) is 21.4. The van der Waals surface area contributed by atoms with Crippen LogP contribution in [0.25, 0.3) is 11.1 Å². The number of fused-ring (bicyclic) bond motifs is 8. The van der Waals surface area contributed by atoms with Gasteiger partial charge in [-0.05, 0) is 48.4 Å². The molecule has 0 radical (unpaired) electrons. The van der Waals surface area contributed by atoms with Crippen LogP contribution in [0, 0.1) is 23.7 Å². The highest BCUT2D eigenvalue weighted by molar-refractivity contribution is 6.22. The van der Waals surface area contributed by atoms with E-state index in [1.807, 2.05) is 36.4 Å². The smallest absolute Gasteiger partial charge is 0.247 e. The number of benzene rings is 2. The lowest BCUT2D eigenvalue weighted by molar-refractivity contribution is -0.146. The molecule has 2 fully saturated rings. The molecule has 2 bridgehead atoms. The summed E-state index contributed by atoms with van der Waals surface area (Å²) in [5, 5.41) is 2.79. The Balaban J connectivity index is 1.23. The van der Waals surface area contributed by atoms with Crippen molar-refractivity contribution in [3.63, 3.8) is 0 Å². The number of allylic oxidation sites excluding steroid dienone is 2. The minimum atomic E-state index is -0.911. The Morgan fingerprint density at radius 2 is 1.52 bits per heavy atom. The van der Waals surface area contributed by atoms with Gasteiger partial charge in [0, 0.05) is 16.8 Å². The summed E-state index contributed by atoms with van der Waals surface area (Å²) in [7, 11) is 0. The number of carbonyl (C=O) groups is 4. The standard InChI is InChI=1S/C25H20N2O4/c1-12(27-24(30)20-13-6-7-14(10-13)21(20)25(27)31)23(29)26-15-8-9-17-16-4-2-3-5-18(16)22(28)19(17)11-15/h2-9,11-14,20-21H,10H2,1H3,(H,26,29)/t12-,13+,14+,20-,21+/m1/s1. The molecule has 154 valence electrons. The van der Waals surface area contributed by atoms with E-state index in [0.29, 0.717) is 16.8 Å². The van der Waals surface area contributed by atoms with Crippen LogP contribution < -0.4 is 5.32 Å². The summed E-state index contributed by atoms with van der Waals surface area (Å²) < 4.78 is 0. The molecule has 6 heteroatoms. The Bertz CT molecular complexity index is 1200. The number of ketones is 1. The number of nitrogens with one attached hydrogen (secondary N) is 1. The number of amides is 3. The van der Waals surface area contributed by atoms with Gasteiger partial charge in [-0.15, -0.1) is 0 Å². The number of hydrogen-bond acceptors (Lipinski definition) is 4. The Morgan fingerprint density at radius 3 is 2.19 bits per heavy atom. The van der Waals surface area contributed by atoms with Crippen molar-refractivity contribution in [2.75, 3.05) is 5.32 Å². The first kappa shape index (κ1) is 18.2. The second-order valence-corrected chi connectivity index (χ2v) is 8.85. The zero-order valence-electron chi connectivity index (χ0n) is 16.9. The van der Waals surface area contributed by atoms with Crippen molar-refractivity contribution in [1.82, 2.24) is 4.90 Å². The fourth-order valence-corrected chi connectivity index (χ4v) is 5.78. The first-order valence-corrected chi connectivity index (χ1v) is 10.6. The summed E-state index contributed by atoms with van der Waals surface area (Å²) in [6.45, 7) is 1.58. The van der Waals surface area contributed by atoms with E-state index in [0.717, 1.165) is 22.4 Å². The molecule has 31 heavy (non-hydrogen) atoms. The molecule has 4 aliphatic rings. The molecule has 5 atom stereocenters. The van der Waals surface area contributed by atoms with Crippen molar-refractivity contribution < 1.29 is 19.2 Å². The van der Waals surface area contributed by atoms with E-state index < -0.39 is 11.9 Å². The quantitative estimate of drug-likeness (QED) is 0.529. The number of nitrogens with zero attached hydrogens (tertiary/aromatic N) is 1. The van der Waals surface area contributed by atoms with Crippen LogP contribution in [-0.4, -0.2) is 34.4 Å². The fraction of sp³-hybridized carbons (Fsp3) is 0.280. The normalized spacial score (nSPS) is 28.0. The van der Waals surface area contributed by atoms with Gasteiger partial charge >= 0.3 is 0 Å². The average molecular weight is 412 g/mol. The Kier molecular flexibility index (Phi) is 3.67. The third-order valence-electron chi connectivity index (χ3n) is 7.26. The van der Waals surface area contributed by atoms with Crippen LogP contribution in [0.15, 0.2) is 54.6 Å². The zero-order valence-corrected chi connectivity index (χ0v) is 16.9. The lowest BCUT2D eigenvalue weighted by Crippen LogP contribution is -2.46. The first-order valence-electron chi connectivity index (χ1n) is 10.6. The lowest BCUT2D eigenvalue weighted by atomic mass is 9.85. The van der Waals surface area contributed by atoms with E-state index in [2.05, 4.69) is 5.32 Å². The SMILES string of the molecule is C[C@H](C(=O)Nc1ccc2c(c1)C(=O)c1ccccc1-2)N1C(=O)[C@@H]2[C@H](C1=O)[C@H]1C=C[C@H]2C1. The molecule has 6 nitrogen and oxygen atoms in total. The van der Waals surface area contributed by atoms with E-state index >= 15 is 0 Å². The summed E-state index contributed by atoms with van der Waals surface area (Å²) in [5.41, 5.74) is 3.39. The minimum absolute atomic E-state index is 0.0737. The van der Waals surface area contributed by atoms with Crippen molar-refractivity contribution >= 4 is 29.2 Å². The molecule has 1 saturated carbocycles. The molecule has 0 spiro atoms. The minimum Gasteiger partial charge on any atom is -0.324 e. The maximum absolute atomic E-state index is 13.0. The van der Waals surface area contributed by atoms with Crippen LogP contribution in [0.4, 0.5) is 5.69 Å². The van der Waals surface area contributed by atoms with Crippen molar-refractivity contribution in [1.29, 1.82) is 0 Å². The number of anilines is 1. The molecule has 1 N–H and O–H groups in total. The van der Waals surface area contributed by atoms with E-state index in [1.165, 1.54) is 0 Å². The average Bonchev–Trinajstić information content (AvgIpc) is 3.51. The molecular weight excluding hydrogens is 392 g/mol. The molecule has 3 aliphatic carbocycles. The van der Waals surface area contributed by atoms with Crippen LogP contribution in [-0.2, 0) is 14.4 Å². The molecule has 1 aliphatic heterocycles. The van der Waals surface area contributed by atoms with E-state index in [4.69, 9.17) is 0 Å². The Hall–Kier alpha value is -3.54. The summed E-state index contributed by atoms with van der Waals surface area (Å²) in [4.78, 5) is 52.7. The van der Waals surface area contributed by atoms with Gasteiger partial charge in [-0.1, -0.05) is 42.5 Å². The van der Waals surface area contributed by atoms with Gasteiger partial charge < -0.3 is 5.32 Å². The summed E-state index contributed by atoms with van der Waals surface area (Å²) in [5.74, 6) is -1.43. The molecule has 2 aromatic carbocycles. The van der Waals surface area contributed by atoms with Gasteiger partial charge in [-0.25, -0.2) is 0 Å². The van der Waals surface area contributed by atoms with Crippen LogP contribution in [0.2, 0.25) is 0 Å². The van der Waals surface area contributed by atoms with Gasteiger partial charge in [0.1, 0.15) is 6.04 Å². The van der Waals surface area contributed by atoms with Crippen LogP contribution >= 0.6 is 0 Å². The highest BCUT2D eigenvalue weighted by Gasteiger charge is 2.60. The monoisotopic (exact) mass is 412 g/mol. The van der Waals surface area contributed by atoms with Gasteiger partial charge in [0.05, 0.1) is 11.8 Å². The van der Waals surface area contributed by atoms with Gasteiger partial charge in [-0.3, -0.25) is 24.1 Å². The van der Waals surface area contributed by atoms with E-state index in [9.17, 15) is 19.2 Å². The predicted octanol–water partition coefficient (Wildman–Crippen LogP) is 3.03. The third kappa shape index (κ3) is 2.39. The highest BCUT2D eigenvalue weighted by Crippen LogP contribution is 2.52. The van der Waals surface area contributed by atoms with Gasteiger partial charge in [0.25, 0.3) is 0 Å². The van der Waals surface area contributed by atoms with Gasteiger partial charge in [-0.2, -0.15) is 0 Å². The van der Waals surface area contributed by atoms with Crippen LogP contribution in [0.1, 0.15) is 29.3 Å². The van der Waals surface area contributed by atoms with Crippen molar-refractivity contribution in [3.8, 4) is 11.1 Å². The molecule has 3 amide bonds. The number of imide groups is 1. The largest absolute Gasteiger partial charge is 0.324 e. The van der Waals surface area contributed by atoms with E-state index in [1.54, 1.807) is 25.1 Å². The Labute approximate surface area is 178 Å². The fourth-order valence-electron chi connectivity index (χ4n) is 5.78. The van der Waals surface area contributed by atoms with E-state index in [-0.39, 0.29) is 41.3 Å². The molecule has 1 heterocycles. The van der Waals surface area contributed by atoms with Gasteiger partial charge in [0.15, 0.2) is 5.78 Å². The predicted molar refractivity (Wildman–Crippen MR) is 113 cm³/mol. The Morgan fingerprint density at radius 1 is 0.903 bits per heavy atom. The number of carbonyl (C=O) groups excluding carboxylic acids is 4. The second-order valence-electron chi connectivity index (χ2n) is 8.85. The molecular formula is C25H20N2O4. The number of likely N-dealkylation sites (tertiary alicyclic amines) is 1. The summed E-state index contributed by atoms with van der Waals surface area (Å²) in [6.07, 6.45) is 4.92. The summed E-state index contributed by atoms with van der Waals surface area (Å²) >= 11 is 0. The van der Waals surface area contributed by atoms with Crippen molar-refractivity contribution in [2.45, 2.75) is 19.4 Å². The van der Waals surface area contributed by atoms with Crippen LogP contribution in [0.3, 0.4) is 0 Å². The molecule has 0 unspecified atom stereocenters. The topological polar surface area (TPSA) is 83.6 Å². The number of hydrogen-bond donors (Lipinski definition) is 1. The maximum atomic E-state index is 13.0. The number of rotatable bonds is 3. The molecule has 0 aromatic heterocycles. The van der Waals surface area contributed by atoms with Crippen molar-refractivity contribution in [3.05, 3.63) is 65.7 Å². The third-order valence-corrected chi connectivity index (χ3v) is 7.26. The lowest BCUT2D eigenvalue weighted by Gasteiger charge is -2.24. The first-order chi connectivity index (χ1) is 15.0. The molecule has 2 aromatic rings. The summed E-state index contributed by atoms with van der Waals surface area (Å²) in [6, 6.07) is 11.7. The second kappa shape index (κ2) is 6.23. The van der Waals surface area contributed by atoms with Crippen LogP contribution in [0.5, 0.6) is 0 Å². The van der Waals surface area contributed by atoms with Crippen molar-refractivity contribution in [2.24, 2.45) is 23.7 Å². The maximum Gasteiger partial charge on any atom is 0.247 e. The molecule has 1 saturated heterocycles. The highest BCUT2D eigenvalue weighted by atomic mass is 16.2. The molecule has 6 rings (SSSR count).